The molecular weight excluding hydrogens is 366 g/mol. The van der Waals surface area contributed by atoms with Gasteiger partial charge in [0.15, 0.2) is 0 Å². The number of carbonyl (C=O) groups excluding carboxylic acids is 1. The van der Waals surface area contributed by atoms with E-state index in [1.54, 1.807) is 29.2 Å². The predicted octanol–water partition coefficient (Wildman–Crippen LogP) is 4.33. The molecule has 4 rings (SSSR count). The number of aryl methyl sites for hydroxylation is 1. The van der Waals surface area contributed by atoms with Gasteiger partial charge in [0, 0.05) is 24.3 Å². The smallest absolute Gasteiger partial charge is 0.321 e. The number of benzene rings is 2. The van der Waals surface area contributed by atoms with Crippen LogP contribution in [-0.2, 0) is 0 Å². The lowest BCUT2D eigenvalue weighted by Gasteiger charge is -2.31. The summed E-state index contributed by atoms with van der Waals surface area (Å²) in [7, 11) is 0. The number of nitrogens with one attached hydrogen (secondary N) is 1. The van der Waals surface area contributed by atoms with Crippen LogP contribution in [0.1, 0.15) is 35.8 Å². The fraction of sp³-hybridized carbons (Fsp3) is 0.273. The standard InChI is InChI=1S/C22H21N5O2/c1-15-4-2-5-17(12-15)20-25-21(29-26-20)18-6-3-11-27(14-18)22(28)24-19-9-7-16(13-23)8-10-19/h2,4-5,7-10,12,18H,3,6,11,14H2,1H3,(H,24,28)/t18-/m0/s1. The monoisotopic (exact) mass is 387 g/mol. The van der Waals surface area contributed by atoms with Crippen molar-refractivity contribution in [1.82, 2.24) is 15.0 Å². The number of amides is 2. The van der Waals surface area contributed by atoms with Gasteiger partial charge in [0.05, 0.1) is 17.6 Å². The highest BCUT2D eigenvalue weighted by molar-refractivity contribution is 5.89. The molecule has 0 unspecified atom stereocenters. The van der Waals surface area contributed by atoms with Gasteiger partial charge in [-0.3, -0.25) is 0 Å². The second-order valence-corrected chi connectivity index (χ2v) is 7.23. The van der Waals surface area contributed by atoms with Gasteiger partial charge in [-0.25, -0.2) is 4.79 Å². The van der Waals surface area contributed by atoms with Gasteiger partial charge in [0.2, 0.25) is 11.7 Å². The summed E-state index contributed by atoms with van der Waals surface area (Å²) in [5.74, 6) is 1.15. The molecule has 1 aliphatic heterocycles. The second kappa shape index (κ2) is 8.15. The van der Waals surface area contributed by atoms with Crippen LogP contribution in [0, 0.1) is 18.3 Å². The Labute approximate surface area is 169 Å². The molecule has 1 aromatic heterocycles. The van der Waals surface area contributed by atoms with Crippen LogP contribution in [-0.4, -0.2) is 34.2 Å². The molecule has 7 nitrogen and oxygen atoms in total. The van der Waals surface area contributed by atoms with Crippen LogP contribution in [0.2, 0.25) is 0 Å². The van der Waals surface area contributed by atoms with Crippen molar-refractivity contribution in [3.8, 4) is 17.5 Å². The normalized spacial score (nSPS) is 16.3. The third kappa shape index (κ3) is 4.27. The van der Waals surface area contributed by atoms with E-state index in [4.69, 9.17) is 9.78 Å². The number of rotatable bonds is 3. The summed E-state index contributed by atoms with van der Waals surface area (Å²) in [5.41, 5.74) is 3.28. The Morgan fingerprint density at radius 1 is 1.28 bits per heavy atom. The molecule has 0 saturated carbocycles. The third-order valence-corrected chi connectivity index (χ3v) is 5.04. The van der Waals surface area contributed by atoms with E-state index in [0.29, 0.717) is 36.1 Å². The van der Waals surface area contributed by atoms with Gasteiger partial charge in [-0.1, -0.05) is 28.9 Å². The van der Waals surface area contributed by atoms with E-state index >= 15 is 0 Å². The Bertz CT molecular complexity index is 1050. The van der Waals surface area contributed by atoms with Crippen LogP contribution in [0.5, 0.6) is 0 Å². The van der Waals surface area contributed by atoms with Crippen molar-refractivity contribution >= 4 is 11.7 Å². The third-order valence-electron chi connectivity index (χ3n) is 5.04. The Kier molecular flexibility index (Phi) is 5.25. The summed E-state index contributed by atoms with van der Waals surface area (Å²) in [4.78, 5) is 19.0. The Hall–Kier alpha value is -3.66. The molecule has 146 valence electrons. The molecule has 0 spiro atoms. The van der Waals surface area contributed by atoms with Crippen molar-refractivity contribution in [2.75, 3.05) is 18.4 Å². The largest absolute Gasteiger partial charge is 0.339 e. The van der Waals surface area contributed by atoms with Crippen LogP contribution in [0.3, 0.4) is 0 Å². The number of anilines is 1. The van der Waals surface area contributed by atoms with E-state index in [1.165, 1.54) is 0 Å². The first kappa shape index (κ1) is 18.7. The predicted molar refractivity (Wildman–Crippen MR) is 108 cm³/mol. The number of carbonyl (C=O) groups is 1. The van der Waals surface area contributed by atoms with Gasteiger partial charge in [-0.15, -0.1) is 0 Å². The Morgan fingerprint density at radius 2 is 2.10 bits per heavy atom. The number of hydrogen-bond acceptors (Lipinski definition) is 5. The maximum absolute atomic E-state index is 12.6. The molecule has 7 heteroatoms. The zero-order chi connectivity index (χ0) is 20.2. The average Bonchev–Trinajstić information content (AvgIpc) is 3.25. The van der Waals surface area contributed by atoms with Gasteiger partial charge in [0.1, 0.15) is 0 Å². The second-order valence-electron chi connectivity index (χ2n) is 7.23. The van der Waals surface area contributed by atoms with Crippen molar-refractivity contribution in [1.29, 1.82) is 5.26 Å². The number of piperidine rings is 1. The lowest BCUT2D eigenvalue weighted by atomic mass is 9.98. The Morgan fingerprint density at radius 3 is 2.86 bits per heavy atom. The highest BCUT2D eigenvalue weighted by atomic mass is 16.5. The topological polar surface area (TPSA) is 95.0 Å². The van der Waals surface area contributed by atoms with Crippen LogP contribution in [0.15, 0.2) is 53.1 Å². The Balaban J connectivity index is 1.43. The minimum Gasteiger partial charge on any atom is -0.339 e. The first-order valence-corrected chi connectivity index (χ1v) is 9.59. The van der Waals surface area contributed by atoms with E-state index in [-0.39, 0.29) is 11.9 Å². The molecule has 1 fully saturated rings. The SMILES string of the molecule is Cc1cccc(-c2noc([C@H]3CCCN(C(=O)Nc4ccc(C#N)cc4)C3)n2)c1. The van der Waals surface area contributed by atoms with E-state index in [9.17, 15) is 4.79 Å². The van der Waals surface area contributed by atoms with Crippen molar-refractivity contribution in [2.24, 2.45) is 0 Å². The molecule has 1 saturated heterocycles. The molecule has 2 amide bonds. The summed E-state index contributed by atoms with van der Waals surface area (Å²) < 4.78 is 5.52. The first-order valence-electron chi connectivity index (χ1n) is 9.59. The van der Waals surface area contributed by atoms with Gasteiger partial charge < -0.3 is 14.7 Å². The van der Waals surface area contributed by atoms with Crippen molar-refractivity contribution in [2.45, 2.75) is 25.7 Å². The number of nitrogens with zero attached hydrogens (tertiary/aromatic N) is 4. The van der Waals surface area contributed by atoms with Crippen LogP contribution in [0.4, 0.5) is 10.5 Å². The van der Waals surface area contributed by atoms with Crippen molar-refractivity contribution in [3.05, 3.63) is 65.5 Å². The van der Waals surface area contributed by atoms with E-state index in [0.717, 1.165) is 24.0 Å². The molecule has 2 heterocycles. The molecule has 3 aromatic rings. The summed E-state index contributed by atoms with van der Waals surface area (Å²) in [6.45, 7) is 3.23. The highest BCUT2D eigenvalue weighted by Gasteiger charge is 2.28. The lowest BCUT2D eigenvalue weighted by Crippen LogP contribution is -2.41. The van der Waals surface area contributed by atoms with Crippen molar-refractivity contribution < 1.29 is 9.32 Å². The number of aromatic nitrogens is 2. The van der Waals surface area contributed by atoms with Crippen molar-refractivity contribution in [3.63, 3.8) is 0 Å². The number of likely N-dealkylation sites (tertiary alicyclic amines) is 1. The zero-order valence-electron chi connectivity index (χ0n) is 16.1. The van der Waals surface area contributed by atoms with Gasteiger partial charge >= 0.3 is 6.03 Å². The number of hydrogen-bond donors (Lipinski definition) is 1. The summed E-state index contributed by atoms with van der Waals surface area (Å²) in [5, 5.41) is 15.9. The fourth-order valence-electron chi connectivity index (χ4n) is 3.50. The van der Waals surface area contributed by atoms with Gasteiger partial charge in [0.25, 0.3) is 0 Å². The molecule has 0 aliphatic carbocycles. The number of nitriles is 1. The highest BCUT2D eigenvalue weighted by Crippen LogP contribution is 2.28. The van der Waals surface area contributed by atoms with Crippen LogP contribution < -0.4 is 5.32 Å². The molecular formula is C22H21N5O2. The molecule has 1 aliphatic rings. The number of urea groups is 1. The zero-order valence-corrected chi connectivity index (χ0v) is 16.1. The summed E-state index contributed by atoms with van der Waals surface area (Å²) >= 11 is 0. The van der Waals surface area contributed by atoms with Crippen LogP contribution >= 0.6 is 0 Å². The van der Waals surface area contributed by atoms with Crippen LogP contribution in [0.25, 0.3) is 11.4 Å². The minimum absolute atomic E-state index is 0.0153. The summed E-state index contributed by atoms with van der Waals surface area (Å²) in [6, 6.07) is 16.7. The fourth-order valence-corrected chi connectivity index (χ4v) is 3.50. The summed E-state index contributed by atoms with van der Waals surface area (Å²) in [6.07, 6.45) is 1.77. The first-order chi connectivity index (χ1) is 14.1. The maximum Gasteiger partial charge on any atom is 0.321 e. The van der Waals surface area contributed by atoms with Gasteiger partial charge in [-0.05, 0) is 50.1 Å². The van der Waals surface area contributed by atoms with E-state index < -0.39 is 0 Å². The molecule has 29 heavy (non-hydrogen) atoms. The molecule has 0 radical (unpaired) electrons. The molecule has 0 bridgehead atoms. The lowest BCUT2D eigenvalue weighted by molar-refractivity contribution is 0.184. The van der Waals surface area contributed by atoms with E-state index in [2.05, 4.69) is 21.5 Å². The quantitative estimate of drug-likeness (QED) is 0.722. The maximum atomic E-state index is 12.6. The minimum atomic E-state index is -0.169. The van der Waals surface area contributed by atoms with Gasteiger partial charge in [-0.2, -0.15) is 10.2 Å². The molecule has 1 atom stereocenters. The average molecular weight is 387 g/mol. The van der Waals surface area contributed by atoms with E-state index in [1.807, 2.05) is 31.2 Å². The molecule has 2 aromatic carbocycles. The molecule has 1 N–H and O–H groups in total.